The number of aliphatic hydroxyl groups excluding tert-OH is 1. The lowest BCUT2D eigenvalue weighted by Gasteiger charge is -2.19. The van der Waals surface area contributed by atoms with E-state index in [9.17, 15) is 5.11 Å². The van der Waals surface area contributed by atoms with Crippen LogP contribution in [0.5, 0.6) is 11.5 Å². The van der Waals surface area contributed by atoms with Gasteiger partial charge in [-0.25, -0.2) is 0 Å². The fourth-order valence-electron chi connectivity index (χ4n) is 3.03. The topological polar surface area (TPSA) is 75.1 Å². The van der Waals surface area contributed by atoms with Crippen LogP contribution in [0, 0.1) is 0 Å². The van der Waals surface area contributed by atoms with E-state index in [2.05, 4.69) is 46.8 Å². The molecule has 166 valence electrons. The molecular formula is C23H34IN3O3. The molecule has 0 aliphatic rings. The molecule has 0 aromatic heterocycles. The van der Waals surface area contributed by atoms with Gasteiger partial charge in [0, 0.05) is 18.2 Å². The third-order valence-electron chi connectivity index (χ3n) is 4.65. The highest BCUT2D eigenvalue weighted by Crippen LogP contribution is 2.29. The predicted molar refractivity (Wildman–Crippen MR) is 133 cm³/mol. The maximum Gasteiger partial charge on any atom is 0.191 e. The first-order valence-electron chi connectivity index (χ1n) is 10.1. The van der Waals surface area contributed by atoms with Gasteiger partial charge >= 0.3 is 0 Å². The Morgan fingerprint density at radius 2 is 1.83 bits per heavy atom. The first-order chi connectivity index (χ1) is 14.1. The Morgan fingerprint density at radius 3 is 2.47 bits per heavy atom. The summed E-state index contributed by atoms with van der Waals surface area (Å²) in [5.41, 5.74) is 1.98. The van der Waals surface area contributed by atoms with Crippen LogP contribution < -0.4 is 20.1 Å². The van der Waals surface area contributed by atoms with Gasteiger partial charge in [-0.15, -0.1) is 24.0 Å². The van der Waals surface area contributed by atoms with Crippen molar-refractivity contribution in [2.24, 2.45) is 4.99 Å². The molecule has 0 spiro atoms. The molecule has 0 heterocycles. The quantitative estimate of drug-likeness (QED) is 0.248. The summed E-state index contributed by atoms with van der Waals surface area (Å²) in [5.74, 6) is 1.97. The molecule has 0 amide bonds. The summed E-state index contributed by atoms with van der Waals surface area (Å²) < 4.78 is 10.6. The molecule has 2 aromatic rings. The van der Waals surface area contributed by atoms with Crippen LogP contribution in [0.4, 0.5) is 0 Å². The average Bonchev–Trinajstić information content (AvgIpc) is 2.76. The van der Waals surface area contributed by atoms with E-state index in [-0.39, 0.29) is 36.6 Å². The van der Waals surface area contributed by atoms with Crippen LogP contribution in [-0.2, 0) is 6.42 Å². The highest BCUT2D eigenvalue weighted by Gasteiger charge is 2.15. The lowest BCUT2D eigenvalue weighted by atomic mass is 10.1. The number of halogens is 1. The van der Waals surface area contributed by atoms with E-state index in [1.54, 1.807) is 32.4 Å². The van der Waals surface area contributed by atoms with Crippen molar-refractivity contribution in [2.75, 3.05) is 27.3 Å². The fraction of sp³-hybridized carbons (Fsp3) is 0.435. The molecule has 0 aliphatic heterocycles. The zero-order valence-electron chi connectivity index (χ0n) is 18.2. The maximum atomic E-state index is 10.7. The summed E-state index contributed by atoms with van der Waals surface area (Å²) in [4.78, 5) is 4.56. The van der Waals surface area contributed by atoms with Gasteiger partial charge in [-0.1, -0.05) is 30.3 Å². The predicted octanol–water partition coefficient (Wildman–Crippen LogP) is 3.93. The highest BCUT2D eigenvalue weighted by molar-refractivity contribution is 14.0. The van der Waals surface area contributed by atoms with Gasteiger partial charge in [0.25, 0.3) is 0 Å². The highest BCUT2D eigenvalue weighted by atomic mass is 127. The van der Waals surface area contributed by atoms with Gasteiger partial charge < -0.3 is 25.2 Å². The number of ether oxygens (including phenoxy) is 2. The van der Waals surface area contributed by atoms with Crippen LogP contribution >= 0.6 is 24.0 Å². The Balaban J connectivity index is 0.00000450. The Labute approximate surface area is 197 Å². The number of nitrogens with one attached hydrogen (secondary N) is 2. The zero-order chi connectivity index (χ0) is 21.1. The lowest BCUT2D eigenvalue weighted by molar-refractivity contribution is 0.182. The SMILES string of the molecule is CCNC(=NCC(O)c1cc(OC)ccc1OC)NC(C)CCc1ccccc1.I. The summed E-state index contributed by atoms with van der Waals surface area (Å²) in [6, 6.07) is 16.1. The molecule has 0 radical (unpaired) electrons. The number of aliphatic hydroxyl groups is 1. The molecule has 0 saturated heterocycles. The molecule has 3 N–H and O–H groups in total. The van der Waals surface area contributed by atoms with Crippen molar-refractivity contribution in [1.82, 2.24) is 10.6 Å². The van der Waals surface area contributed by atoms with Crippen molar-refractivity contribution in [3.8, 4) is 11.5 Å². The molecule has 2 atom stereocenters. The number of guanidine groups is 1. The summed E-state index contributed by atoms with van der Waals surface area (Å²) in [6.07, 6.45) is 1.19. The van der Waals surface area contributed by atoms with Crippen LogP contribution in [0.3, 0.4) is 0 Å². The number of benzene rings is 2. The van der Waals surface area contributed by atoms with Gasteiger partial charge in [-0.05, 0) is 50.5 Å². The summed E-state index contributed by atoms with van der Waals surface area (Å²) in [6.45, 7) is 5.12. The number of hydrogen-bond donors (Lipinski definition) is 3. The van der Waals surface area contributed by atoms with E-state index in [0.29, 0.717) is 23.0 Å². The van der Waals surface area contributed by atoms with Gasteiger partial charge in [0.15, 0.2) is 5.96 Å². The van der Waals surface area contributed by atoms with E-state index < -0.39 is 6.10 Å². The van der Waals surface area contributed by atoms with E-state index in [4.69, 9.17) is 9.47 Å². The van der Waals surface area contributed by atoms with Crippen molar-refractivity contribution in [3.05, 3.63) is 59.7 Å². The van der Waals surface area contributed by atoms with E-state index in [0.717, 1.165) is 19.4 Å². The summed E-state index contributed by atoms with van der Waals surface area (Å²) >= 11 is 0. The minimum Gasteiger partial charge on any atom is -0.497 e. The molecule has 0 aliphatic carbocycles. The average molecular weight is 527 g/mol. The third-order valence-corrected chi connectivity index (χ3v) is 4.65. The summed E-state index contributed by atoms with van der Waals surface area (Å²) in [5, 5.41) is 17.3. The molecule has 0 fully saturated rings. The molecule has 2 unspecified atom stereocenters. The minimum absolute atomic E-state index is 0. The van der Waals surface area contributed by atoms with Gasteiger partial charge in [-0.2, -0.15) is 0 Å². The second-order valence-electron chi connectivity index (χ2n) is 6.91. The summed E-state index contributed by atoms with van der Waals surface area (Å²) in [7, 11) is 3.18. The number of nitrogens with zero attached hydrogens (tertiary/aromatic N) is 1. The Kier molecular flexibility index (Phi) is 12.2. The Morgan fingerprint density at radius 1 is 1.10 bits per heavy atom. The monoisotopic (exact) mass is 527 g/mol. The van der Waals surface area contributed by atoms with Gasteiger partial charge in [0.05, 0.1) is 20.8 Å². The zero-order valence-corrected chi connectivity index (χ0v) is 20.6. The molecule has 0 bridgehead atoms. The van der Waals surface area contributed by atoms with Gasteiger partial charge in [0.2, 0.25) is 0 Å². The first-order valence-corrected chi connectivity index (χ1v) is 10.1. The van der Waals surface area contributed by atoms with E-state index in [1.165, 1.54) is 5.56 Å². The third kappa shape index (κ3) is 8.39. The fourth-order valence-corrected chi connectivity index (χ4v) is 3.03. The number of aliphatic imine (C=N–C) groups is 1. The smallest absolute Gasteiger partial charge is 0.191 e. The van der Waals surface area contributed by atoms with Crippen LogP contribution in [0.15, 0.2) is 53.5 Å². The number of aryl methyl sites for hydroxylation is 1. The largest absolute Gasteiger partial charge is 0.497 e. The Hall–Kier alpha value is -2.00. The van der Waals surface area contributed by atoms with E-state index >= 15 is 0 Å². The molecule has 30 heavy (non-hydrogen) atoms. The number of rotatable bonds is 10. The van der Waals surface area contributed by atoms with Crippen LogP contribution in [-0.4, -0.2) is 44.4 Å². The normalized spacial score (nSPS) is 13.0. The van der Waals surface area contributed by atoms with Crippen molar-refractivity contribution in [3.63, 3.8) is 0 Å². The van der Waals surface area contributed by atoms with E-state index in [1.807, 2.05) is 13.0 Å². The minimum atomic E-state index is -0.796. The molecule has 0 saturated carbocycles. The number of methoxy groups -OCH3 is 2. The maximum absolute atomic E-state index is 10.7. The van der Waals surface area contributed by atoms with Gasteiger partial charge in [-0.3, -0.25) is 4.99 Å². The molecule has 6 nitrogen and oxygen atoms in total. The lowest BCUT2D eigenvalue weighted by Crippen LogP contribution is -2.42. The van der Waals surface area contributed by atoms with Crippen LogP contribution in [0.2, 0.25) is 0 Å². The van der Waals surface area contributed by atoms with Crippen molar-refractivity contribution in [1.29, 1.82) is 0 Å². The molecular weight excluding hydrogens is 493 g/mol. The Bertz CT molecular complexity index is 772. The second-order valence-corrected chi connectivity index (χ2v) is 6.91. The van der Waals surface area contributed by atoms with Crippen molar-refractivity contribution in [2.45, 2.75) is 38.8 Å². The molecule has 2 aromatic carbocycles. The first kappa shape index (κ1) is 26.0. The van der Waals surface area contributed by atoms with Gasteiger partial charge in [0.1, 0.15) is 17.6 Å². The van der Waals surface area contributed by atoms with Crippen LogP contribution in [0.1, 0.15) is 37.5 Å². The molecule has 2 rings (SSSR count). The number of hydrogen-bond acceptors (Lipinski definition) is 4. The van der Waals surface area contributed by atoms with Crippen molar-refractivity contribution < 1.29 is 14.6 Å². The van der Waals surface area contributed by atoms with Crippen LogP contribution in [0.25, 0.3) is 0 Å². The van der Waals surface area contributed by atoms with Crippen molar-refractivity contribution >= 4 is 29.9 Å². The standard InChI is InChI=1S/C23H33N3O3.HI/c1-5-24-23(26-17(2)11-12-18-9-7-6-8-10-18)25-16-21(27)20-15-19(28-3)13-14-22(20)29-4;/h6-10,13-15,17,21,27H,5,11-12,16H2,1-4H3,(H2,24,25,26);1H. The second kappa shape index (κ2) is 14.1. The molecule has 7 heteroatoms.